The molecular weight excluding hydrogens is 224 g/mol. The summed E-state index contributed by atoms with van der Waals surface area (Å²) in [5, 5.41) is 3.67. The smallest absolute Gasteiger partial charge is 0.0637 e. The van der Waals surface area contributed by atoms with E-state index >= 15 is 0 Å². The minimum atomic E-state index is 0.279. The lowest BCUT2D eigenvalue weighted by Crippen LogP contribution is -2.60. The fourth-order valence-corrected chi connectivity index (χ4v) is 3.33. The van der Waals surface area contributed by atoms with Crippen LogP contribution in [-0.4, -0.2) is 50.3 Å². The molecule has 1 saturated carbocycles. The van der Waals surface area contributed by atoms with Crippen LogP contribution in [-0.2, 0) is 4.74 Å². The van der Waals surface area contributed by atoms with Crippen LogP contribution in [0.4, 0.5) is 0 Å². The summed E-state index contributed by atoms with van der Waals surface area (Å²) in [5.74, 6) is 0. The highest BCUT2D eigenvalue weighted by molar-refractivity contribution is 4.99. The van der Waals surface area contributed by atoms with Gasteiger partial charge in [0.15, 0.2) is 0 Å². The summed E-state index contributed by atoms with van der Waals surface area (Å²) in [6, 6.07) is 0.454. The topological polar surface area (TPSA) is 24.5 Å². The van der Waals surface area contributed by atoms with E-state index in [1.807, 2.05) is 0 Å². The van der Waals surface area contributed by atoms with E-state index in [0.29, 0.717) is 6.04 Å². The third-order valence-electron chi connectivity index (χ3n) is 4.45. The highest BCUT2D eigenvalue weighted by atomic mass is 16.5. The van der Waals surface area contributed by atoms with Crippen molar-refractivity contribution in [3.8, 4) is 0 Å². The van der Waals surface area contributed by atoms with Gasteiger partial charge in [-0.15, -0.1) is 0 Å². The summed E-state index contributed by atoms with van der Waals surface area (Å²) in [6.45, 7) is 6.94. The van der Waals surface area contributed by atoms with Crippen molar-refractivity contribution in [3.63, 3.8) is 0 Å². The molecule has 0 aromatic heterocycles. The van der Waals surface area contributed by atoms with Gasteiger partial charge < -0.3 is 15.0 Å². The molecule has 1 N–H and O–H groups in total. The van der Waals surface area contributed by atoms with Crippen molar-refractivity contribution in [2.75, 3.05) is 33.9 Å². The Labute approximate surface area is 113 Å². The Morgan fingerprint density at radius 1 is 1.11 bits per heavy atom. The summed E-state index contributed by atoms with van der Waals surface area (Å²) >= 11 is 0. The quantitative estimate of drug-likeness (QED) is 0.709. The third-order valence-corrected chi connectivity index (χ3v) is 4.45. The van der Waals surface area contributed by atoms with Crippen molar-refractivity contribution in [1.29, 1.82) is 0 Å². The molecule has 0 heterocycles. The largest absolute Gasteiger partial charge is 0.380 e. The summed E-state index contributed by atoms with van der Waals surface area (Å²) in [5.41, 5.74) is 0.279. The maximum atomic E-state index is 5.73. The van der Waals surface area contributed by atoms with Crippen LogP contribution in [0, 0.1) is 0 Å². The number of likely N-dealkylation sites (N-methyl/N-ethyl adjacent to an activating group) is 2. The van der Waals surface area contributed by atoms with E-state index in [0.717, 1.165) is 19.8 Å². The van der Waals surface area contributed by atoms with Crippen LogP contribution in [0.2, 0.25) is 0 Å². The number of ether oxygens (including phenoxy) is 1. The maximum absolute atomic E-state index is 5.73. The molecule has 108 valence electrons. The number of hydrogen-bond donors (Lipinski definition) is 1. The fraction of sp³-hybridized carbons (Fsp3) is 1.00. The second-order valence-corrected chi connectivity index (χ2v) is 5.68. The molecule has 0 aromatic rings. The molecule has 18 heavy (non-hydrogen) atoms. The lowest BCUT2D eigenvalue weighted by atomic mass is 9.81. The van der Waals surface area contributed by atoms with E-state index in [1.54, 1.807) is 0 Å². The van der Waals surface area contributed by atoms with E-state index in [4.69, 9.17) is 4.74 Å². The minimum absolute atomic E-state index is 0.279. The van der Waals surface area contributed by atoms with Gasteiger partial charge in [-0.25, -0.2) is 0 Å². The van der Waals surface area contributed by atoms with Gasteiger partial charge in [-0.3, -0.25) is 0 Å². The van der Waals surface area contributed by atoms with E-state index in [1.165, 1.54) is 38.5 Å². The molecule has 0 radical (unpaired) electrons. The van der Waals surface area contributed by atoms with E-state index in [2.05, 4.69) is 38.2 Å². The van der Waals surface area contributed by atoms with Gasteiger partial charge in [0.1, 0.15) is 0 Å². The van der Waals surface area contributed by atoms with Crippen molar-refractivity contribution in [2.24, 2.45) is 0 Å². The second-order valence-electron chi connectivity index (χ2n) is 5.68. The molecule has 1 unspecified atom stereocenters. The van der Waals surface area contributed by atoms with Crippen LogP contribution >= 0.6 is 0 Å². The molecule has 0 aliphatic heterocycles. The first kappa shape index (κ1) is 15.9. The Bertz CT molecular complexity index is 211. The Balaban J connectivity index is 2.81. The molecule has 1 aliphatic rings. The van der Waals surface area contributed by atoms with E-state index in [9.17, 15) is 0 Å². The van der Waals surface area contributed by atoms with Crippen molar-refractivity contribution in [1.82, 2.24) is 10.2 Å². The van der Waals surface area contributed by atoms with Crippen LogP contribution in [0.1, 0.15) is 52.4 Å². The first-order valence-electron chi connectivity index (χ1n) is 7.66. The molecule has 3 heteroatoms. The van der Waals surface area contributed by atoms with Crippen LogP contribution in [0.25, 0.3) is 0 Å². The van der Waals surface area contributed by atoms with Gasteiger partial charge >= 0.3 is 0 Å². The molecular formula is C15H32N2O. The van der Waals surface area contributed by atoms with Crippen molar-refractivity contribution in [2.45, 2.75) is 64.0 Å². The first-order chi connectivity index (χ1) is 8.67. The van der Waals surface area contributed by atoms with Gasteiger partial charge in [-0.1, -0.05) is 32.6 Å². The fourth-order valence-electron chi connectivity index (χ4n) is 3.33. The predicted molar refractivity (Wildman–Crippen MR) is 78.1 cm³/mol. The van der Waals surface area contributed by atoms with Gasteiger partial charge in [0.05, 0.1) is 6.61 Å². The number of hydrogen-bond acceptors (Lipinski definition) is 3. The van der Waals surface area contributed by atoms with Gasteiger partial charge in [0.2, 0.25) is 0 Å². The van der Waals surface area contributed by atoms with Gasteiger partial charge in [0, 0.05) is 18.2 Å². The van der Waals surface area contributed by atoms with E-state index < -0.39 is 0 Å². The van der Waals surface area contributed by atoms with Gasteiger partial charge in [0.25, 0.3) is 0 Å². The van der Waals surface area contributed by atoms with Crippen LogP contribution < -0.4 is 5.32 Å². The van der Waals surface area contributed by atoms with Gasteiger partial charge in [-0.05, 0) is 40.4 Å². The molecule has 1 aliphatic carbocycles. The highest BCUT2D eigenvalue weighted by Gasteiger charge is 2.40. The van der Waals surface area contributed by atoms with E-state index in [-0.39, 0.29) is 5.54 Å². The normalized spacial score (nSPS) is 21.8. The second kappa shape index (κ2) is 8.13. The molecule has 0 aromatic carbocycles. The zero-order chi connectivity index (χ0) is 13.4. The number of rotatable bonds is 7. The number of nitrogens with zero attached hydrogens (tertiary/aromatic N) is 1. The molecule has 1 fully saturated rings. The molecule has 1 atom stereocenters. The molecule has 0 amide bonds. The molecule has 0 spiro atoms. The maximum Gasteiger partial charge on any atom is 0.0637 e. The van der Waals surface area contributed by atoms with Crippen molar-refractivity contribution in [3.05, 3.63) is 0 Å². The average molecular weight is 256 g/mol. The van der Waals surface area contributed by atoms with Crippen molar-refractivity contribution < 1.29 is 4.74 Å². The zero-order valence-corrected chi connectivity index (χ0v) is 12.8. The van der Waals surface area contributed by atoms with Crippen molar-refractivity contribution >= 4 is 0 Å². The standard InChI is InChI=1S/C15H32N2O/c1-5-16-14(13-18-6-2)15(17(3)4)11-9-7-8-10-12-15/h14,16H,5-13H2,1-4H3. The molecule has 3 nitrogen and oxygen atoms in total. The Kier molecular flexibility index (Phi) is 7.20. The highest BCUT2D eigenvalue weighted by Crippen LogP contribution is 2.34. The zero-order valence-electron chi connectivity index (χ0n) is 12.8. The Hall–Kier alpha value is -0.120. The van der Waals surface area contributed by atoms with Crippen LogP contribution in [0.15, 0.2) is 0 Å². The lowest BCUT2D eigenvalue weighted by molar-refractivity contribution is 0.0243. The lowest BCUT2D eigenvalue weighted by Gasteiger charge is -2.46. The monoisotopic (exact) mass is 256 g/mol. The Morgan fingerprint density at radius 3 is 2.17 bits per heavy atom. The SMILES string of the molecule is CCNC(COCC)C1(N(C)C)CCCCCC1. The summed E-state index contributed by atoms with van der Waals surface area (Å²) in [7, 11) is 4.48. The molecule has 0 saturated heterocycles. The van der Waals surface area contributed by atoms with Crippen LogP contribution in [0.5, 0.6) is 0 Å². The summed E-state index contributed by atoms with van der Waals surface area (Å²) < 4.78 is 5.73. The molecule has 0 bridgehead atoms. The summed E-state index contributed by atoms with van der Waals surface area (Å²) in [6.07, 6.45) is 8.08. The third kappa shape index (κ3) is 3.94. The first-order valence-corrected chi connectivity index (χ1v) is 7.66. The minimum Gasteiger partial charge on any atom is -0.380 e. The predicted octanol–water partition coefficient (Wildman–Crippen LogP) is 2.66. The molecule has 1 rings (SSSR count). The van der Waals surface area contributed by atoms with Crippen LogP contribution in [0.3, 0.4) is 0 Å². The van der Waals surface area contributed by atoms with Gasteiger partial charge in [-0.2, -0.15) is 0 Å². The Morgan fingerprint density at radius 2 is 1.72 bits per heavy atom. The summed E-state index contributed by atoms with van der Waals surface area (Å²) in [4.78, 5) is 2.45. The number of nitrogens with one attached hydrogen (secondary N) is 1. The average Bonchev–Trinajstić information content (AvgIpc) is 2.61.